The van der Waals surface area contributed by atoms with Crippen molar-refractivity contribution in [3.63, 3.8) is 0 Å². The summed E-state index contributed by atoms with van der Waals surface area (Å²) in [5.41, 5.74) is -0.0258. The van der Waals surface area contributed by atoms with Crippen LogP contribution < -0.4 is 0 Å². The molecule has 0 aliphatic heterocycles. The summed E-state index contributed by atoms with van der Waals surface area (Å²) in [4.78, 5) is 0. The second-order valence-electron chi connectivity index (χ2n) is 4.17. The maximum Gasteiger partial charge on any atom is 0.0630 e. The first-order valence-electron chi connectivity index (χ1n) is 4.52. The zero-order valence-corrected chi connectivity index (χ0v) is 7.89. The number of ether oxygens (including phenoxy) is 1. The van der Waals surface area contributed by atoms with Gasteiger partial charge in [-0.3, -0.25) is 0 Å². The number of hydrogen-bond donors (Lipinski definition) is 0. The van der Waals surface area contributed by atoms with E-state index >= 15 is 0 Å². The lowest BCUT2D eigenvalue weighted by Gasteiger charge is -2.27. The minimum absolute atomic E-state index is 0.0258. The molecule has 1 atom stereocenters. The van der Waals surface area contributed by atoms with Crippen LogP contribution in [0.3, 0.4) is 0 Å². The predicted octanol–water partition coefficient (Wildman–Crippen LogP) is 2.80. The van der Waals surface area contributed by atoms with Gasteiger partial charge in [0.1, 0.15) is 0 Å². The Morgan fingerprint density at radius 2 is 2.09 bits per heavy atom. The predicted molar refractivity (Wildman–Crippen MR) is 47.3 cm³/mol. The van der Waals surface area contributed by atoms with Gasteiger partial charge in [-0.25, -0.2) is 0 Å². The molecule has 1 heteroatoms. The zero-order chi connectivity index (χ0) is 8.48. The van der Waals surface area contributed by atoms with Crippen LogP contribution in [0.1, 0.15) is 40.0 Å². The molecule has 0 aromatic heterocycles. The minimum Gasteiger partial charge on any atom is -0.372 e. The summed E-state index contributed by atoms with van der Waals surface area (Å²) >= 11 is 0. The van der Waals surface area contributed by atoms with Gasteiger partial charge in [-0.2, -0.15) is 0 Å². The highest BCUT2D eigenvalue weighted by molar-refractivity contribution is 4.82. The van der Waals surface area contributed by atoms with Gasteiger partial charge in [-0.05, 0) is 46.0 Å². The molecule has 0 saturated heterocycles. The molecule has 11 heavy (non-hydrogen) atoms. The molecule has 0 heterocycles. The second kappa shape index (κ2) is 3.14. The molecule has 0 amide bonds. The lowest BCUT2D eigenvalue weighted by molar-refractivity contribution is -0.0704. The van der Waals surface area contributed by atoms with Crippen LogP contribution in [0.25, 0.3) is 0 Å². The molecule has 1 fully saturated rings. The lowest BCUT2D eigenvalue weighted by Crippen LogP contribution is -2.29. The van der Waals surface area contributed by atoms with Crippen LogP contribution in [0.5, 0.6) is 0 Å². The molecule has 0 bridgehead atoms. The van der Waals surface area contributed by atoms with Gasteiger partial charge in [-0.15, -0.1) is 0 Å². The fourth-order valence-electron chi connectivity index (χ4n) is 1.22. The van der Waals surface area contributed by atoms with Crippen molar-refractivity contribution in [3.8, 4) is 0 Å². The van der Waals surface area contributed by atoms with Crippen molar-refractivity contribution in [1.29, 1.82) is 0 Å². The summed E-state index contributed by atoms with van der Waals surface area (Å²) in [6.07, 6.45) is 4.00. The standard InChI is InChI=1S/C10H19O/c1-5-10(3,4)11-8(2)9-6-7-9/h8-9H,1,5-7H2,2-4H3. The summed E-state index contributed by atoms with van der Waals surface area (Å²) in [6.45, 7) is 10.3. The van der Waals surface area contributed by atoms with Gasteiger partial charge in [0.2, 0.25) is 0 Å². The Kier molecular flexibility index (Phi) is 2.58. The van der Waals surface area contributed by atoms with Gasteiger partial charge in [0.15, 0.2) is 0 Å². The summed E-state index contributed by atoms with van der Waals surface area (Å²) in [5, 5.41) is 0. The van der Waals surface area contributed by atoms with E-state index in [4.69, 9.17) is 4.74 Å². The van der Waals surface area contributed by atoms with Gasteiger partial charge in [0.25, 0.3) is 0 Å². The Labute approximate surface area is 70.1 Å². The lowest BCUT2D eigenvalue weighted by atomic mass is 10.1. The van der Waals surface area contributed by atoms with Crippen LogP contribution >= 0.6 is 0 Å². The monoisotopic (exact) mass is 155 g/mol. The third-order valence-corrected chi connectivity index (χ3v) is 2.39. The highest BCUT2D eigenvalue weighted by atomic mass is 16.5. The van der Waals surface area contributed by atoms with Crippen molar-refractivity contribution < 1.29 is 4.74 Å². The average molecular weight is 155 g/mol. The molecule has 0 aromatic carbocycles. The molecule has 1 radical (unpaired) electrons. The van der Waals surface area contributed by atoms with Crippen molar-refractivity contribution in [3.05, 3.63) is 6.92 Å². The van der Waals surface area contributed by atoms with Crippen molar-refractivity contribution in [2.45, 2.75) is 51.7 Å². The van der Waals surface area contributed by atoms with Crippen molar-refractivity contribution in [1.82, 2.24) is 0 Å². The van der Waals surface area contributed by atoms with E-state index in [0.29, 0.717) is 6.10 Å². The topological polar surface area (TPSA) is 9.23 Å². The Hall–Kier alpha value is -0.0400. The first-order valence-corrected chi connectivity index (χ1v) is 4.52. The van der Waals surface area contributed by atoms with E-state index in [2.05, 4.69) is 27.7 Å². The number of hydrogen-bond acceptors (Lipinski definition) is 1. The van der Waals surface area contributed by atoms with E-state index in [1.54, 1.807) is 0 Å². The van der Waals surface area contributed by atoms with Crippen LogP contribution in [0.4, 0.5) is 0 Å². The van der Waals surface area contributed by atoms with Crippen molar-refractivity contribution in [2.75, 3.05) is 0 Å². The van der Waals surface area contributed by atoms with Crippen LogP contribution in [0.15, 0.2) is 0 Å². The SMILES string of the molecule is [CH2]CC(C)(C)OC(C)C1CC1. The van der Waals surface area contributed by atoms with Gasteiger partial charge >= 0.3 is 0 Å². The fraction of sp³-hybridized carbons (Fsp3) is 0.900. The molecular formula is C10H19O. The largest absolute Gasteiger partial charge is 0.372 e. The Morgan fingerprint density at radius 1 is 1.55 bits per heavy atom. The quantitative estimate of drug-likeness (QED) is 0.606. The fourth-order valence-corrected chi connectivity index (χ4v) is 1.22. The summed E-state index contributed by atoms with van der Waals surface area (Å²) in [6, 6.07) is 0. The molecule has 1 aliphatic rings. The normalized spacial score (nSPS) is 21.8. The van der Waals surface area contributed by atoms with Crippen LogP contribution in [-0.4, -0.2) is 11.7 Å². The molecule has 0 aromatic rings. The third kappa shape index (κ3) is 2.82. The molecule has 0 spiro atoms. The Morgan fingerprint density at radius 3 is 2.45 bits per heavy atom. The highest BCUT2D eigenvalue weighted by Crippen LogP contribution is 2.36. The van der Waals surface area contributed by atoms with Crippen LogP contribution in [0.2, 0.25) is 0 Å². The maximum atomic E-state index is 5.85. The maximum absolute atomic E-state index is 5.85. The van der Waals surface area contributed by atoms with E-state index in [0.717, 1.165) is 12.3 Å². The van der Waals surface area contributed by atoms with E-state index < -0.39 is 0 Å². The van der Waals surface area contributed by atoms with Crippen molar-refractivity contribution >= 4 is 0 Å². The first-order chi connectivity index (χ1) is 5.05. The molecule has 1 nitrogen and oxygen atoms in total. The average Bonchev–Trinajstić information content (AvgIpc) is 2.67. The van der Waals surface area contributed by atoms with Crippen LogP contribution in [0, 0.1) is 12.8 Å². The van der Waals surface area contributed by atoms with E-state index in [1.165, 1.54) is 12.8 Å². The van der Waals surface area contributed by atoms with Gasteiger partial charge in [-0.1, -0.05) is 6.92 Å². The van der Waals surface area contributed by atoms with E-state index in [-0.39, 0.29) is 5.60 Å². The first kappa shape index (κ1) is 9.05. The molecule has 1 unspecified atom stereocenters. The van der Waals surface area contributed by atoms with Gasteiger partial charge in [0, 0.05) is 0 Å². The molecule has 65 valence electrons. The minimum atomic E-state index is -0.0258. The Balaban J connectivity index is 2.27. The molecule has 0 N–H and O–H groups in total. The number of rotatable bonds is 4. The molecule has 1 saturated carbocycles. The molecule has 1 aliphatic carbocycles. The summed E-state index contributed by atoms with van der Waals surface area (Å²) < 4.78 is 5.85. The summed E-state index contributed by atoms with van der Waals surface area (Å²) in [7, 11) is 0. The molecular weight excluding hydrogens is 136 g/mol. The second-order valence-corrected chi connectivity index (χ2v) is 4.17. The Bertz CT molecular complexity index is 125. The van der Waals surface area contributed by atoms with Crippen molar-refractivity contribution in [2.24, 2.45) is 5.92 Å². The zero-order valence-electron chi connectivity index (χ0n) is 7.89. The van der Waals surface area contributed by atoms with E-state index in [9.17, 15) is 0 Å². The smallest absolute Gasteiger partial charge is 0.0630 e. The third-order valence-electron chi connectivity index (χ3n) is 2.39. The van der Waals surface area contributed by atoms with Crippen LogP contribution in [-0.2, 0) is 4.74 Å². The van der Waals surface area contributed by atoms with Gasteiger partial charge < -0.3 is 4.74 Å². The summed E-state index contributed by atoms with van der Waals surface area (Å²) in [5.74, 6) is 0.834. The molecule has 1 rings (SSSR count). The van der Waals surface area contributed by atoms with Gasteiger partial charge in [0.05, 0.1) is 11.7 Å². The van der Waals surface area contributed by atoms with E-state index in [1.807, 2.05) is 0 Å². The highest BCUT2D eigenvalue weighted by Gasteiger charge is 2.32.